The summed E-state index contributed by atoms with van der Waals surface area (Å²) in [6, 6.07) is 11.8. The van der Waals surface area contributed by atoms with Crippen molar-refractivity contribution in [1.29, 1.82) is 0 Å². The van der Waals surface area contributed by atoms with Crippen molar-refractivity contribution >= 4 is 17.6 Å². The van der Waals surface area contributed by atoms with Crippen molar-refractivity contribution in [3.8, 4) is 0 Å². The zero-order valence-corrected chi connectivity index (χ0v) is 11.6. The molecular weight excluding hydrogens is 268 g/mol. The van der Waals surface area contributed by atoms with Crippen LogP contribution < -0.4 is 11.1 Å². The maximum Gasteiger partial charge on any atom is 0.337 e. The number of carboxylic acid groups (broad SMARTS) is 1. The Morgan fingerprint density at radius 1 is 1.14 bits per heavy atom. The molecule has 0 atom stereocenters. The third-order valence-electron chi connectivity index (χ3n) is 3.14. The topological polar surface area (TPSA) is 92.4 Å². The molecule has 2 aromatic carbocycles. The number of anilines is 1. The second-order valence-corrected chi connectivity index (χ2v) is 4.67. The van der Waals surface area contributed by atoms with Crippen molar-refractivity contribution in [2.45, 2.75) is 13.5 Å². The van der Waals surface area contributed by atoms with Gasteiger partial charge >= 0.3 is 5.97 Å². The molecule has 0 aliphatic rings. The minimum absolute atomic E-state index is 0.0635. The maximum atomic E-state index is 12.3. The Morgan fingerprint density at radius 3 is 2.52 bits per heavy atom. The highest BCUT2D eigenvalue weighted by atomic mass is 16.4. The summed E-state index contributed by atoms with van der Waals surface area (Å²) in [6.45, 7) is 2.03. The Kier molecular flexibility index (Phi) is 4.35. The van der Waals surface area contributed by atoms with E-state index in [0.717, 1.165) is 5.56 Å². The van der Waals surface area contributed by atoms with Crippen molar-refractivity contribution in [3.63, 3.8) is 0 Å². The van der Waals surface area contributed by atoms with E-state index in [4.69, 9.17) is 5.73 Å². The molecular formula is C16H16N2O3. The zero-order chi connectivity index (χ0) is 15.4. The molecule has 0 saturated heterocycles. The first-order chi connectivity index (χ1) is 10.0. The molecule has 0 saturated carbocycles. The van der Waals surface area contributed by atoms with E-state index in [-0.39, 0.29) is 23.7 Å². The van der Waals surface area contributed by atoms with Gasteiger partial charge in [0.15, 0.2) is 0 Å². The van der Waals surface area contributed by atoms with E-state index in [1.54, 1.807) is 43.3 Å². The second-order valence-electron chi connectivity index (χ2n) is 4.67. The number of carbonyl (C=O) groups is 2. The lowest BCUT2D eigenvalue weighted by Crippen LogP contribution is -2.17. The molecule has 1 amide bonds. The van der Waals surface area contributed by atoms with Crippen LogP contribution >= 0.6 is 0 Å². The fraction of sp³-hybridized carbons (Fsp3) is 0.125. The van der Waals surface area contributed by atoms with E-state index in [1.807, 2.05) is 0 Å². The zero-order valence-electron chi connectivity index (χ0n) is 11.6. The molecule has 0 aromatic heterocycles. The fourth-order valence-electron chi connectivity index (χ4n) is 2.05. The van der Waals surface area contributed by atoms with Crippen LogP contribution in [0.5, 0.6) is 0 Å². The lowest BCUT2D eigenvalue weighted by atomic mass is 10.1. The lowest BCUT2D eigenvalue weighted by molar-refractivity contribution is 0.0698. The molecule has 0 aliphatic carbocycles. The molecule has 5 nitrogen and oxygen atoms in total. The summed E-state index contributed by atoms with van der Waals surface area (Å²) in [5.41, 5.74) is 7.90. The first-order valence-electron chi connectivity index (χ1n) is 6.46. The van der Waals surface area contributed by atoms with Gasteiger partial charge in [-0.05, 0) is 30.7 Å². The molecule has 4 N–H and O–H groups in total. The van der Waals surface area contributed by atoms with Crippen LogP contribution in [0.2, 0.25) is 0 Å². The number of nitrogens with one attached hydrogen (secondary N) is 1. The van der Waals surface area contributed by atoms with Gasteiger partial charge in [-0.3, -0.25) is 4.79 Å². The van der Waals surface area contributed by atoms with Crippen LogP contribution in [0.25, 0.3) is 0 Å². The number of aromatic carboxylic acids is 1. The van der Waals surface area contributed by atoms with E-state index >= 15 is 0 Å². The molecule has 2 aromatic rings. The summed E-state index contributed by atoms with van der Waals surface area (Å²) in [5, 5.41) is 11.8. The Bertz CT molecular complexity index is 696. The number of nitrogens with two attached hydrogens (primary N) is 1. The molecule has 0 bridgehead atoms. The van der Waals surface area contributed by atoms with Gasteiger partial charge in [-0.25, -0.2) is 4.79 Å². The molecule has 0 fully saturated rings. The highest BCUT2D eigenvalue weighted by molar-refractivity contribution is 6.08. The van der Waals surface area contributed by atoms with Crippen LogP contribution in [0.3, 0.4) is 0 Å². The summed E-state index contributed by atoms with van der Waals surface area (Å²) in [7, 11) is 0. The van der Waals surface area contributed by atoms with Gasteiger partial charge in [0.25, 0.3) is 5.91 Å². The number of hydrogen-bond donors (Lipinski definition) is 3. The summed E-state index contributed by atoms with van der Waals surface area (Å²) in [4.78, 5) is 23.5. The van der Waals surface area contributed by atoms with Crippen molar-refractivity contribution in [1.82, 2.24) is 0 Å². The van der Waals surface area contributed by atoms with E-state index in [9.17, 15) is 14.7 Å². The number of carboxylic acids is 1. The average molecular weight is 284 g/mol. The van der Waals surface area contributed by atoms with Crippen LogP contribution in [0.15, 0.2) is 42.5 Å². The van der Waals surface area contributed by atoms with Gasteiger partial charge in [0, 0.05) is 12.1 Å². The van der Waals surface area contributed by atoms with Crippen LogP contribution in [0.1, 0.15) is 31.8 Å². The molecule has 0 heterocycles. The molecule has 0 radical (unpaired) electrons. The number of rotatable bonds is 4. The predicted octanol–water partition coefficient (Wildman–Crippen LogP) is 2.40. The third-order valence-corrected chi connectivity index (χ3v) is 3.14. The van der Waals surface area contributed by atoms with E-state index in [0.29, 0.717) is 11.1 Å². The number of amides is 1. The highest BCUT2D eigenvalue weighted by Crippen LogP contribution is 2.19. The Labute approximate surface area is 122 Å². The van der Waals surface area contributed by atoms with Crippen LogP contribution in [-0.4, -0.2) is 17.0 Å². The number of hydrogen-bond acceptors (Lipinski definition) is 3. The van der Waals surface area contributed by atoms with E-state index in [2.05, 4.69) is 5.32 Å². The predicted molar refractivity (Wildman–Crippen MR) is 80.4 cm³/mol. The molecule has 21 heavy (non-hydrogen) atoms. The number of carbonyl (C=O) groups excluding carboxylic acids is 1. The van der Waals surface area contributed by atoms with Gasteiger partial charge < -0.3 is 16.2 Å². The average Bonchev–Trinajstić information content (AvgIpc) is 2.48. The van der Waals surface area contributed by atoms with Crippen LogP contribution in [0, 0.1) is 6.92 Å². The standard InChI is InChI=1S/C16H16N2O3/c1-10-6-7-14(13(8-10)16(20)21)18-15(19)12-5-3-2-4-11(12)9-17/h2-8H,9,17H2,1H3,(H,18,19)(H,20,21). The molecule has 0 unspecified atom stereocenters. The molecule has 5 heteroatoms. The fourth-order valence-corrected chi connectivity index (χ4v) is 2.05. The van der Waals surface area contributed by atoms with Gasteiger partial charge in [-0.15, -0.1) is 0 Å². The van der Waals surface area contributed by atoms with Gasteiger partial charge in [-0.1, -0.05) is 29.8 Å². The molecule has 2 rings (SSSR count). The first kappa shape index (κ1) is 14.7. The van der Waals surface area contributed by atoms with Gasteiger partial charge in [0.2, 0.25) is 0 Å². The van der Waals surface area contributed by atoms with Crippen LogP contribution in [-0.2, 0) is 6.54 Å². The molecule has 0 aliphatic heterocycles. The normalized spacial score (nSPS) is 10.2. The van der Waals surface area contributed by atoms with E-state index < -0.39 is 5.97 Å². The monoisotopic (exact) mass is 284 g/mol. The van der Waals surface area contributed by atoms with Crippen molar-refractivity contribution in [2.75, 3.05) is 5.32 Å². The maximum absolute atomic E-state index is 12.3. The Balaban J connectivity index is 2.34. The third kappa shape index (κ3) is 3.27. The largest absolute Gasteiger partial charge is 0.478 e. The minimum Gasteiger partial charge on any atom is -0.478 e. The van der Waals surface area contributed by atoms with Crippen molar-refractivity contribution in [2.24, 2.45) is 5.73 Å². The Hall–Kier alpha value is -2.66. The second kappa shape index (κ2) is 6.19. The lowest BCUT2D eigenvalue weighted by Gasteiger charge is -2.11. The summed E-state index contributed by atoms with van der Waals surface area (Å²) < 4.78 is 0. The minimum atomic E-state index is -1.08. The van der Waals surface area contributed by atoms with E-state index in [1.165, 1.54) is 6.07 Å². The summed E-state index contributed by atoms with van der Waals surface area (Å²) >= 11 is 0. The smallest absolute Gasteiger partial charge is 0.337 e. The number of benzene rings is 2. The van der Waals surface area contributed by atoms with Crippen LogP contribution in [0.4, 0.5) is 5.69 Å². The number of aryl methyl sites for hydroxylation is 1. The van der Waals surface area contributed by atoms with Gasteiger partial charge in [0.05, 0.1) is 11.3 Å². The summed E-state index contributed by atoms with van der Waals surface area (Å²) in [6.07, 6.45) is 0. The quantitative estimate of drug-likeness (QED) is 0.803. The molecule has 0 spiro atoms. The highest BCUT2D eigenvalue weighted by Gasteiger charge is 2.15. The Morgan fingerprint density at radius 2 is 1.86 bits per heavy atom. The van der Waals surface area contributed by atoms with Crippen molar-refractivity contribution < 1.29 is 14.7 Å². The van der Waals surface area contributed by atoms with Gasteiger partial charge in [-0.2, -0.15) is 0 Å². The van der Waals surface area contributed by atoms with Gasteiger partial charge in [0.1, 0.15) is 0 Å². The van der Waals surface area contributed by atoms with Crippen molar-refractivity contribution in [3.05, 3.63) is 64.7 Å². The SMILES string of the molecule is Cc1ccc(NC(=O)c2ccccc2CN)c(C(=O)O)c1. The molecule has 108 valence electrons. The summed E-state index contributed by atoms with van der Waals surface area (Å²) in [5.74, 6) is -1.46. The first-order valence-corrected chi connectivity index (χ1v) is 6.46.